The lowest BCUT2D eigenvalue weighted by Crippen LogP contribution is -2.64. The summed E-state index contributed by atoms with van der Waals surface area (Å²) in [5.41, 5.74) is 1.20. The van der Waals surface area contributed by atoms with Crippen molar-refractivity contribution in [1.29, 1.82) is 0 Å². The lowest BCUT2D eigenvalue weighted by molar-refractivity contribution is -0.146. The van der Waals surface area contributed by atoms with Gasteiger partial charge in [0.25, 0.3) is 0 Å². The first-order valence-electron chi connectivity index (χ1n) is 8.91. The Morgan fingerprint density at radius 2 is 2.16 bits per heavy atom. The third-order valence-corrected chi connectivity index (χ3v) is 5.54. The van der Waals surface area contributed by atoms with Crippen LogP contribution in [0.3, 0.4) is 0 Å². The number of carbonyl (C=O) groups excluding carboxylic acids is 1. The highest BCUT2D eigenvalue weighted by Crippen LogP contribution is 2.34. The summed E-state index contributed by atoms with van der Waals surface area (Å²) in [6.45, 7) is 2.72. The summed E-state index contributed by atoms with van der Waals surface area (Å²) in [6, 6.07) is 8.75. The molecule has 1 aromatic heterocycles. The molecule has 1 amide bonds. The Morgan fingerprint density at radius 3 is 2.84 bits per heavy atom. The van der Waals surface area contributed by atoms with Crippen LogP contribution in [0.1, 0.15) is 30.0 Å². The Bertz CT molecular complexity index is 742. The van der Waals surface area contributed by atoms with Crippen molar-refractivity contribution in [3.63, 3.8) is 0 Å². The molecular formula is C19H23FN4O. The number of carbonyl (C=O) groups is 1. The van der Waals surface area contributed by atoms with E-state index in [1.807, 2.05) is 17.0 Å². The first-order chi connectivity index (χ1) is 12.2. The molecule has 0 aliphatic carbocycles. The molecule has 2 fully saturated rings. The van der Waals surface area contributed by atoms with E-state index in [2.05, 4.69) is 15.5 Å². The Hall–Kier alpha value is -2.21. The van der Waals surface area contributed by atoms with Gasteiger partial charge in [0, 0.05) is 44.0 Å². The Kier molecular flexibility index (Phi) is 4.29. The molecule has 4 rings (SSSR count). The summed E-state index contributed by atoms with van der Waals surface area (Å²) in [5, 5.41) is 10.3. The van der Waals surface area contributed by atoms with Crippen LogP contribution in [0.5, 0.6) is 0 Å². The van der Waals surface area contributed by atoms with Crippen molar-refractivity contribution >= 4 is 5.91 Å². The van der Waals surface area contributed by atoms with Gasteiger partial charge in [-0.25, -0.2) is 4.39 Å². The predicted octanol–water partition coefficient (Wildman–Crippen LogP) is 2.09. The van der Waals surface area contributed by atoms with E-state index in [-0.39, 0.29) is 11.7 Å². The van der Waals surface area contributed by atoms with Crippen molar-refractivity contribution in [2.75, 3.05) is 26.2 Å². The number of hydrogen-bond acceptors (Lipinski definition) is 3. The highest BCUT2D eigenvalue weighted by atomic mass is 19.1. The normalized spacial score (nSPS) is 22.4. The largest absolute Gasteiger partial charge is 0.341 e. The van der Waals surface area contributed by atoms with Crippen molar-refractivity contribution in [2.24, 2.45) is 5.41 Å². The molecule has 2 N–H and O–H groups in total. The molecule has 132 valence electrons. The van der Waals surface area contributed by atoms with Gasteiger partial charge in [-0.2, -0.15) is 5.10 Å². The van der Waals surface area contributed by atoms with Gasteiger partial charge in [0.1, 0.15) is 5.82 Å². The van der Waals surface area contributed by atoms with Gasteiger partial charge in [0.05, 0.1) is 5.41 Å². The minimum atomic E-state index is -0.516. The number of H-pyrrole nitrogens is 1. The summed E-state index contributed by atoms with van der Waals surface area (Å²) in [4.78, 5) is 15.2. The van der Waals surface area contributed by atoms with Crippen LogP contribution in [0, 0.1) is 11.2 Å². The van der Waals surface area contributed by atoms with Crippen LogP contribution in [-0.4, -0.2) is 47.2 Å². The molecular weight excluding hydrogens is 319 g/mol. The fourth-order valence-electron chi connectivity index (χ4n) is 4.03. The number of rotatable bonds is 4. The van der Waals surface area contributed by atoms with Crippen molar-refractivity contribution in [1.82, 2.24) is 20.4 Å². The molecule has 0 saturated carbocycles. The molecule has 6 heteroatoms. The number of hydrogen-bond donors (Lipinski definition) is 2. The molecule has 25 heavy (non-hydrogen) atoms. The first-order valence-corrected chi connectivity index (χ1v) is 8.91. The second-order valence-electron chi connectivity index (χ2n) is 7.25. The summed E-state index contributed by atoms with van der Waals surface area (Å²) < 4.78 is 14.1. The Balaban J connectivity index is 1.51. The van der Waals surface area contributed by atoms with E-state index in [0.717, 1.165) is 25.1 Å². The maximum absolute atomic E-state index is 14.1. The fourth-order valence-corrected chi connectivity index (χ4v) is 4.03. The number of nitrogens with zero attached hydrogens (tertiary/aromatic N) is 2. The third kappa shape index (κ3) is 3.06. The van der Waals surface area contributed by atoms with E-state index in [4.69, 9.17) is 0 Å². The quantitative estimate of drug-likeness (QED) is 0.894. The Labute approximate surface area is 146 Å². The highest BCUT2D eigenvalue weighted by molar-refractivity contribution is 5.85. The third-order valence-electron chi connectivity index (χ3n) is 5.54. The molecule has 2 saturated heterocycles. The fraction of sp³-hybridized carbons (Fsp3) is 0.474. The van der Waals surface area contributed by atoms with E-state index in [0.29, 0.717) is 37.5 Å². The highest BCUT2D eigenvalue weighted by Gasteiger charge is 2.47. The second-order valence-corrected chi connectivity index (χ2v) is 7.25. The molecule has 1 aromatic carbocycles. The number of halogens is 1. The van der Waals surface area contributed by atoms with Gasteiger partial charge in [0.15, 0.2) is 0 Å². The van der Waals surface area contributed by atoms with Gasteiger partial charge < -0.3 is 10.2 Å². The minimum absolute atomic E-state index is 0.152. The first kappa shape index (κ1) is 16.3. The molecule has 0 spiro atoms. The number of amides is 1. The van der Waals surface area contributed by atoms with Gasteiger partial charge in [-0.1, -0.05) is 18.2 Å². The predicted molar refractivity (Wildman–Crippen MR) is 92.5 cm³/mol. The zero-order chi connectivity index (χ0) is 17.3. The van der Waals surface area contributed by atoms with Gasteiger partial charge in [0.2, 0.25) is 5.91 Å². The second kappa shape index (κ2) is 6.59. The number of aromatic amines is 1. The number of likely N-dealkylation sites (tertiary alicyclic amines) is 1. The zero-order valence-electron chi connectivity index (χ0n) is 14.2. The SMILES string of the molecule is O=C(N1CCCC(c2ccn[nH]2)C1)C1(Cc2ccccc2F)CNC1. The lowest BCUT2D eigenvalue weighted by Gasteiger charge is -2.46. The molecule has 2 aliphatic heterocycles. The summed E-state index contributed by atoms with van der Waals surface area (Å²) in [6.07, 6.45) is 4.26. The zero-order valence-corrected chi connectivity index (χ0v) is 14.2. The van der Waals surface area contributed by atoms with Crippen LogP contribution in [-0.2, 0) is 11.2 Å². The number of aromatic nitrogens is 2. The lowest BCUT2D eigenvalue weighted by atomic mass is 9.74. The molecule has 2 aliphatic rings. The van der Waals surface area contributed by atoms with Crippen LogP contribution in [0.25, 0.3) is 0 Å². The molecule has 5 nitrogen and oxygen atoms in total. The van der Waals surface area contributed by atoms with Gasteiger partial charge in [-0.3, -0.25) is 9.89 Å². The number of nitrogens with one attached hydrogen (secondary N) is 2. The van der Waals surface area contributed by atoms with Crippen LogP contribution in [0.2, 0.25) is 0 Å². The summed E-state index contributed by atoms with van der Waals surface area (Å²) >= 11 is 0. The van der Waals surface area contributed by atoms with Crippen LogP contribution in [0.4, 0.5) is 4.39 Å². The van der Waals surface area contributed by atoms with Crippen LogP contribution in [0.15, 0.2) is 36.5 Å². The minimum Gasteiger partial charge on any atom is -0.341 e. The number of benzene rings is 1. The monoisotopic (exact) mass is 342 g/mol. The smallest absolute Gasteiger partial charge is 0.231 e. The molecule has 3 heterocycles. The standard InChI is InChI=1S/C19H23FN4O/c20-16-6-2-1-4-14(16)10-19(12-21-13-19)18(25)24-9-3-5-15(11-24)17-7-8-22-23-17/h1-2,4,6-8,15,21H,3,5,9-13H2,(H,22,23). The van der Waals surface area contributed by atoms with E-state index < -0.39 is 5.41 Å². The summed E-state index contributed by atoms with van der Waals surface area (Å²) in [5.74, 6) is 0.230. The molecule has 1 atom stereocenters. The maximum atomic E-state index is 14.1. The Morgan fingerprint density at radius 1 is 1.32 bits per heavy atom. The van der Waals surface area contributed by atoms with E-state index in [1.54, 1.807) is 18.3 Å². The molecule has 2 aromatic rings. The molecule has 1 unspecified atom stereocenters. The summed E-state index contributed by atoms with van der Waals surface area (Å²) in [7, 11) is 0. The van der Waals surface area contributed by atoms with Crippen LogP contribution >= 0.6 is 0 Å². The van der Waals surface area contributed by atoms with E-state index >= 15 is 0 Å². The van der Waals surface area contributed by atoms with E-state index in [1.165, 1.54) is 6.07 Å². The topological polar surface area (TPSA) is 61.0 Å². The van der Waals surface area contributed by atoms with Crippen molar-refractivity contribution < 1.29 is 9.18 Å². The van der Waals surface area contributed by atoms with Crippen molar-refractivity contribution in [3.8, 4) is 0 Å². The van der Waals surface area contributed by atoms with Gasteiger partial charge >= 0.3 is 0 Å². The number of piperidine rings is 1. The average molecular weight is 342 g/mol. The van der Waals surface area contributed by atoms with Crippen molar-refractivity contribution in [3.05, 3.63) is 53.6 Å². The molecule has 0 radical (unpaired) electrons. The maximum Gasteiger partial charge on any atom is 0.231 e. The average Bonchev–Trinajstić information content (AvgIpc) is 3.14. The van der Waals surface area contributed by atoms with Gasteiger partial charge in [-0.15, -0.1) is 0 Å². The van der Waals surface area contributed by atoms with E-state index in [9.17, 15) is 9.18 Å². The van der Waals surface area contributed by atoms with Gasteiger partial charge in [-0.05, 0) is 37.0 Å². The molecule has 0 bridgehead atoms. The van der Waals surface area contributed by atoms with Crippen LogP contribution < -0.4 is 5.32 Å². The van der Waals surface area contributed by atoms with Crippen molar-refractivity contribution in [2.45, 2.75) is 25.2 Å².